The van der Waals surface area contributed by atoms with Crippen LogP contribution in [0.2, 0.25) is 0 Å². The molecular formula is C18H34O2. The van der Waals surface area contributed by atoms with Crippen molar-refractivity contribution in [3.05, 3.63) is 0 Å². The third kappa shape index (κ3) is 5.46. The Balaban J connectivity index is 2.66. The van der Waals surface area contributed by atoms with Crippen LogP contribution in [0.3, 0.4) is 0 Å². The zero-order valence-corrected chi connectivity index (χ0v) is 14.2. The highest BCUT2D eigenvalue weighted by Crippen LogP contribution is 2.36. The summed E-state index contributed by atoms with van der Waals surface area (Å²) in [4.78, 5) is 12.7. The lowest BCUT2D eigenvalue weighted by molar-refractivity contribution is -0.164. The van der Waals surface area contributed by atoms with Gasteiger partial charge >= 0.3 is 5.97 Å². The molecule has 1 saturated carbocycles. The molecule has 118 valence electrons. The second-order valence-electron chi connectivity index (χ2n) is 7.54. The van der Waals surface area contributed by atoms with E-state index in [0.717, 1.165) is 32.1 Å². The molecule has 0 saturated heterocycles. The smallest absolute Gasteiger partial charge is 0.312 e. The van der Waals surface area contributed by atoms with Crippen molar-refractivity contribution in [2.75, 3.05) is 0 Å². The fourth-order valence-corrected chi connectivity index (χ4v) is 3.54. The van der Waals surface area contributed by atoms with Gasteiger partial charge in [0.15, 0.2) is 0 Å². The third-order valence-electron chi connectivity index (χ3n) is 4.67. The Kier molecular flexibility index (Phi) is 7.05. The van der Waals surface area contributed by atoms with Crippen LogP contribution in [-0.2, 0) is 9.53 Å². The van der Waals surface area contributed by atoms with Gasteiger partial charge in [0.2, 0.25) is 0 Å². The monoisotopic (exact) mass is 282 g/mol. The molecule has 1 aliphatic carbocycles. The number of ether oxygens (including phenoxy) is 1. The van der Waals surface area contributed by atoms with Crippen molar-refractivity contribution in [1.82, 2.24) is 0 Å². The number of hydrogen-bond acceptors (Lipinski definition) is 2. The summed E-state index contributed by atoms with van der Waals surface area (Å²) in [5, 5.41) is 0. The summed E-state index contributed by atoms with van der Waals surface area (Å²) in [7, 11) is 0. The first-order valence-corrected chi connectivity index (χ1v) is 8.58. The SMILES string of the molecule is CCC(C)CC(C)(CC(C)C)C(=O)OC1CCCCC1. The van der Waals surface area contributed by atoms with E-state index < -0.39 is 0 Å². The molecule has 2 unspecified atom stereocenters. The van der Waals surface area contributed by atoms with Gasteiger partial charge in [-0.05, 0) is 57.3 Å². The lowest BCUT2D eigenvalue weighted by Gasteiger charge is -2.34. The van der Waals surface area contributed by atoms with Gasteiger partial charge in [0, 0.05) is 0 Å². The van der Waals surface area contributed by atoms with Gasteiger partial charge in [-0.1, -0.05) is 40.5 Å². The molecule has 0 aromatic rings. The summed E-state index contributed by atoms with van der Waals surface area (Å²) in [6.07, 6.45) is 9.04. The molecule has 0 radical (unpaired) electrons. The molecule has 0 aromatic carbocycles. The van der Waals surface area contributed by atoms with Crippen LogP contribution >= 0.6 is 0 Å². The van der Waals surface area contributed by atoms with Crippen LogP contribution in [0.25, 0.3) is 0 Å². The van der Waals surface area contributed by atoms with Crippen LogP contribution < -0.4 is 0 Å². The molecule has 20 heavy (non-hydrogen) atoms. The van der Waals surface area contributed by atoms with Crippen LogP contribution in [-0.4, -0.2) is 12.1 Å². The van der Waals surface area contributed by atoms with E-state index in [-0.39, 0.29) is 17.5 Å². The Hall–Kier alpha value is -0.530. The highest BCUT2D eigenvalue weighted by molar-refractivity contribution is 5.76. The summed E-state index contributed by atoms with van der Waals surface area (Å²) < 4.78 is 5.86. The van der Waals surface area contributed by atoms with Gasteiger partial charge in [-0.25, -0.2) is 0 Å². The van der Waals surface area contributed by atoms with E-state index in [4.69, 9.17) is 4.74 Å². The van der Waals surface area contributed by atoms with Crippen molar-refractivity contribution >= 4 is 5.97 Å². The predicted octanol–water partition coefficient (Wildman–Crippen LogP) is 5.35. The maximum Gasteiger partial charge on any atom is 0.312 e. The standard InChI is InChI=1S/C18H34O2/c1-6-15(4)13-18(5,12-14(2)3)17(19)20-16-10-8-7-9-11-16/h14-16H,6-13H2,1-5H3. The molecule has 0 aliphatic heterocycles. The number of carbonyl (C=O) groups is 1. The molecule has 1 rings (SSSR count). The average Bonchev–Trinajstić information content (AvgIpc) is 2.38. The lowest BCUT2D eigenvalue weighted by Crippen LogP contribution is -2.36. The highest BCUT2D eigenvalue weighted by Gasteiger charge is 2.37. The maximum absolute atomic E-state index is 12.7. The molecule has 0 amide bonds. The van der Waals surface area contributed by atoms with Gasteiger partial charge in [0.25, 0.3) is 0 Å². The number of esters is 1. The first-order chi connectivity index (χ1) is 9.37. The summed E-state index contributed by atoms with van der Waals surface area (Å²) in [5.41, 5.74) is -0.305. The molecule has 2 nitrogen and oxygen atoms in total. The van der Waals surface area contributed by atoms with E-state index in [0.29, 0.717) is 11.8 Å². The summed E-state index contributed by atoms with van der Waals surface area (Å²) in [6, 6.07) is 0. The molecule has 0 aromatic heterocycles. The number of hydrogen-bond donors (Lipinski definition) is 0. The van der Waals surface area contributed by atoms with Gasteiger partial charge in [-0.2, -0.15) is 0 Å². The van der Waals surface area contributed by atoms with Gasteiger partial charge < -0.3 is 4.74 Å². The lowest BCUT2D eigenvalue weighted by atomic mass is 9.75. The third-order valence-corrected chi connectivity index (χ3v) is 4.67. The van der Waals surface area contributed by atoms with Crippen molar-refractivity contribution < 1.29 is 9.53 Å². The Morgan fingerprint density at radius 3 is 2.25 bits per heavy atom. The molecule has 2 atom stereocenters. The van der Waals surface area contributed by atoms with E-state index in [1.54, 1.807) is 0 Å². The Morgan fingerprint density at radius 1 is 1.15 bits per heavy atom. The van der Waals surface area contributed by atoms with Crippen molar-refractivity contribution in [3.63, 3.8) is 0 Å². The van der Waals surface area contributed by atoms with Crippen molar-refractivity contribution in [3.8, 4) is 0 Å². The zero-order valence-electron chi connectivity index (χ0n) is 14.2. The van der Waals surface area contributed by atoms with Gasteiger partial charge in [-0.15, -0.1) is 0 Å². The van der Waals surface area contributed by atoms with Gasteiger partial charge in [-0.3, -0.25) is 4.79 Å². The molecule has 0 N–H and O–H groups in total. The van der Waals surface area contributed by atoms with Crippen LogP contribution in [0.1, 0.15) is 86.0 Å². The molecule has 1 aliphatic rings. The average molecular weight is 282 g/mol. The fourth-order valence-electron chi connectivity index (χ4n) is 3.54. The van der Waals surface area contributed by atoms with Crippen LogP contribution in [0, 0.1) is 17.3 Å². The van der Waals surface area contributed by atoms with Crippen LogP contribution in [0.5, 0.6) is 0 Å². The maximum atomic E-state index is 12.7. The first-order valence-electron chi connectivity index (χ1n) is 8.58. The molecule has 1 fully saturated rings. The second kappa shape index (κ2) is 8.05. The second-order valence-corrected chi connectivity index (χ2v) is 7.54. The molecule has 2 heteroatoms. The summed E-state index contributed by atoms with van der Waals surface area (Å²) >= 11 is 0. The number of rotatable bonds is 7. The first kappa shape index (κ1) is 17.5. The van der Waals surface area contributed by atoms with Crippen LogP contribution in [0.15, 0.2) is 0 Å². The van der Waals surface area contributed by atoms with Crippen molar-refractivity contribution in [2.24, 2.45) is 17.3 Å². The molecule has 0 spiro atoms. The minimum Gasteiger partial charge on any atom is -0.462 e. The Bertz CT molecular complexity index is 292. The Labute approximate surface area is 125 Å². The molecule has 0 bridgehead atoms. The summed E-state index contributed by atoms with van der Waals surface area (Å²) in [6.45, 7) is 11.0. The minimum atomic E-state index is -0.305. The van der Waals surface area contributed by atoms with E-state index in [2.05, 4.69) is 34.6 Å². The largest absolute Gasteiger partial charge is 0.462 e. The normalized spacial score (nSPS) is 21.5. The quantitative estimate of drug-likeness (QED) is 0.588. The van der Waals surface area contributed by atoms with Crippen molar-refractivity contribution in [1.29, 1.82) is 0 Å². The van der Waals surface area contributed by atoms with Crippen molar-refractivity contribution in [2.45, 2.75) is 92.1 Å². The van der Waals surface area contributed by atoms with E-state index in [9.17, 15) is 4.79 Å². The van der Waals surface area contributed by atoms with E-state index in [1.165, 1.54) is 19.3 Å². The van der Waals surface area contributed by atoms with Crippen LogP contribution in [0.4, 0.5) is 0 Å². The van der Waals surface area contributed by atoms with E-state index >= 15 is 0 Å². The highest BCUT2D eigenvalue weighted by atomic mass is 16.5. The van der Waals surface area contributed by atoms with Gasteiger partial charge in [0.05, 0.1) is 5.41 Å². The fraction of sp³-hybridized carbons (Fsp3) is 0.944. The molecule has 0 heterocycles. The van der Waals surface area contributed by atoms with E-state index in [1.807, 2.05) is 0 Å². The minimum absolute atomic E-state index is 0.0541. The topological polar surface area (TPSA) is 26.3 Å². The summed E-state index contributed by atoms with van der Waals surface area (Å²) in [5.74, 6) is 1.17. The zero-order chi connectivity index (χ0) is 15.2. The predicted molar refractivity (Wildman–Crippen MR) is 84.6 cm³/mol. The van der Waals surface area contributed by atoms with Gasteiger partial charge in [0.1, 0.15) is 6.10 Å². The number of carbonyl (C=O) groups excluding carboxylic acids is 1. The Morgan fingerprint density at radius 2 is 1.75 bits per heavy atom. The molecular weight excluding hydrogens is 248 g/mol.